The Morgan fingerprint density at radius 1 is 1.20 bits per heavy atom. The minimum atomic E-state index is 0.234. The predicted octanol–water partition coefficient (Wildman–Crippen LogP) is 2.93. The minimum Gasteiger partial charge on any atom is -0.396 e. The second kappa shape index (κ2) is 11.2. The van der Waals surface area contributed by atoms with E-state index in [1.165, 1.54) is 5.56 Å². The van der Waals surface area contributed by atoms with E-state index < -0.39 is 0 Å². The molecule has 1 aromatic heterocycles. The first-order valence-corrected chi connectivity index (χ1v) is 5.85. The van der Waals surface area contributed by atoms with Crippen LogP contribution < -0.4 is 0 Å². The molecule has 0 unspecified atom stereocenters. The fourth-order valence-electron chi connectivity index (χ4n) is 0.965. The molecular weight excluding hydrogens is 188 g/mol. The highest BCUT2D eigenvalue weighted by atomic mass is 16.3. The average Bonchev–Trinajstić information content (AvgIpc) is 2.61. The van der Waals surface area contributed by atoms with Crippen LogP contribution in [0.4, 0.5) is 0 Å². The molecule has 0 aromatic carbocycles. The van der Waals surface area contributed by atoms with E-state index in [0.29, 0.717) is 0 Å². The zero-order valence-electron chi connectivity index (χ0n) is 11.0. The number of nitrogens with zero attached hydrogens (tertiary/aromatic N) is 2. The quantitative estimate of drug-likeness (QED) is 0.840. The summed E-state index contributed by atoms with van der Waals surface area (Å²) >= 11 is 0. The van der Waals surface area contributed by atoms with Crippen LogP contribution in [0.1, 0.15) is 45.4 Å². The molecule has 0 aliphatic carbocycles. The van der Waals surface area contributed by atoms with Crippen molar-refractivity contribution in [1.29, 1.82) is 0 Å². The monoisotopic (exact) mass is 214 g/mol. The Hall–Kier alpha value is -0.830. The van der Waals surface area contributed by atoms with Gasteiger partial charge in [0, 0.05) is 19.3 Å². The van der Waals surface area contributed by atoms with Crippen molar-refractivity contribution in [3.05, 3.63) is 17.5 Å². The molecule has 1 rings (SSSR count). The van der Waals surface area contributed by atoms with Gasteiger partial charge in [-0.25, -0.2) is 0 Å². The van der Waals surface area contributed by atoms with Crippen molar-refractivity contribution in [3.63, 3.8) is 0 Å². The van der Waals surface area contributed by atoms with Gasteiger partial charge in [0.15, 0.2) is 0 Å². The lowest BCUT2D eigenvalue weighted by atomic mass is 10.3. The Balaban J connectivity index is 0. The summed E-state index contributed by atoms with van der Waals surface area (Å²) in [5, 5.41) is 12.8. The van der Waals surface area contributed by atoms with Gasteiger partial charge in [-0.15, -0.1) is 0 Å². The van der Waals surface area contributed by atoms with E-state index in [-0.39, 0.29) is 6.61 Å². The fourth-order valence-corrected chi connectivity index (χ4v) is 0.965. The van der Waals surface area contributed by atoms with Gasteiger partial charge in [0.05, 0.1) is 5.69 Å². The maximum absolute atomic E-state index is 8.56. The van der Waals surface area contributed by atoms with Crippen molar-refractivity contribution in [1.82, 2.24) is 9.78 Å². The average molecular weight is 214 g/mol. The molecule has 0 bridgehead atoms. The highest BCUT2D eigenvalue weighted by molar-refractivity contribution is 5.12. The molecule has 0 atom stereocenters. The van der Waals surface area contributed by atoms with Gasteiger partial charge < -0.3 is 5.11 Å². The van der Waals surface area contributed by atoms with Crippen LogP contribution in [0, 0.1) is 13.8 Å². The Labute approximate surface area is 94.1 Å². The van der Waals surface area contributed by atoms with Crippen LogP contribution in [-0.2, 0) is 6.54 Å². The predicted molar refractivity (Wildman–Crippen MR) is 66.1 cm³/mol. The van der Waals surface area contributed by atoms with Crippen LogP contribution in [0.2, 0.25) is 0 Å². The largest absolute Gasteiger partial charge is 0.396 e. The first-order valence-electron chi connectivity index (χ1n) is 5.85. The molecule has 0 aliphatic heterocycles. The van der Waals surface area contributed by atoms with Crippen LogP contribution in [0.25, 0.3) is 0 Å². The molecule has 0 saturated heterocycles. The Bertz CT molecular complexity index is 212. The van der Waals surface area contributed by atoms with Crippen LogP contribution in [-0.4, -0.2) is 21.5 Å². The SMILES string of the molecule is CC.CC.Cc1cn(CCCO)nc1C. The van der Waals surface area contributed by atoms with E-state index in [1.807, 2.05) is 52.4 Å². The zero-order valence-corrected chi connectivity index (χ0v) is 11.0. The topological polar surface area (TPSA) is 38.0 Å². The van der Waals surface area contributed by atoms with E-state index in [1.54, 1.807) is 0 Å². The third-order valence-corrected chi connectivity index (χ3v) is 1.74. The number of aromatic nitrogens is 2. The van der Waals surface area contributed by atoms with Gasteiger partial charge in [0.2, 0.25) is 0 Å². The molecule has 0 amide bonds. The molecule has 0 fully saturated rings. The molecule has 0 aliphatic rings. The first kappa shape index (κ1) is 16.6. The van der Waals surface area contributed by atoms with Crippen molar-refractivity contribution in [2.75, 3.05) is 6.61 Å². The molecule has 90 valence electrons. The molecule has 0 saturated carbocycles. The van der Waals surface area contributed by atoms with Crippen molar-refractivity contribution in [2.45, 2.75) is 54.5 Å². The lowest BCUT2D eigenvalue weighted by Crippen LogP contribution is -2.00. The van der Waals surface area contributed by atoms with E-state index in [4.69, 9.17) is 5.11 Å². The maximum atomic E-state index is 8.56. The van der Waals surface area contributed by atoms with Gasteiger partial charge in [-0.3, -0.25) is 4.68 Å². The van der Waals surface area contributed by atoms with E-state index >= 15 is 0 Å². The van der Waals surface area contributed by atoms with Gasteiger partial charge in [-0.1, -0.05) is 27.7 Å². The van der Waals surface area contributed by atoms with Crippen LogP contribution in [0.15, 0.2) is 6.20 Å². The van der Waals surface area contributed by atoms with E-state index in [0.717, 1.165) is 18.7 Å². The number of hydrogen-bond acceptors (Lipinski definition) is 2. The summed E-state index contributed by atoms with van der Waals surface area (Å²) in [6.45, 7) is 13.1. The molecular formula is C12H26N2O. The van der Waals surface area contributed by atoms with Gasteiger partial charge in [0.25, 0.3) is 0 Å². The first-order chi connectivity index (χ1) is 7.24. The van der Waals surface area contributed by atoms with Crippen molar-refractivity contribution in [3.8, 4) is 0 Å². The highest BCUT2D eigenvalue weighted by Gasteiger charge is 1.97. The highest BCUT2D eigenvalue weighted by Crippen LogP contribution is 2.02. The Morgan fingerprint density at radius 2 is 1.73 bits per heavy atom. The van der Waals surface area contributed by atoms with Crippen LogP contribution in [0.3, 0.4) is 0 Å². The van der Waals surface area contributed by atoms with Crippen molar-refractivity contribution >= 4 is 0 Å². The summed E-state index contributed by atoms with van der Waals surface area (Å²) in [7, 11) is 0. The summed E-state index contributed by atoms with van der Waals surface area (Å²) < 4.78 is 1.88. The molecule has 15 heavy (non-hydrogen) atoms. The Kier molecular flexibility index (Phi) is 12.4. The summed E-state index contributed by atoms with van der Waals surface area (Å²) in [5.74, 6) is 0. The number of rotatable bonds is 3. The lowest BCUT2D eigenvalue weighted by molar-refractivity contribution is 0.277. The Morgan fingerprint density at radius 3 is 2.07 bits per heavy atom. The van der Waals surface area contributed by atoms with Gasteiger partial charge in [-0.05, 0) is 25.8 Å². The zero-order chi connectivity index (χ0) is 12.3. The fraction of sp³-hybridized carbons (Fsp3) is 0.750. The number of aliphatic hydroxyl groups excluding tert-OH is 1. The molecule has 3 nitrogen and oxygen atoms in total. The van der Waals surface area contributed by atoms with Gasteiger partial charge in [0.1, 0.15) is 0 Å². The number of aliphatic hydroxyl groups is 1. The number of hydrogen-bond donors (Lipinski definition) is 1. The standard InChI is InChI=1S/C8H14N2O.2C2H6/c1-7-6-10(4-3-5-11)9-8(7)2;2*1-2/h6,11H,3-5H2,1-2H3;2*1-2H3. The second-order valence-electron chi connectivity index (χ2n) is 2.74. The van der Waals surface area contributed by atoms with E-state index in [2.05, 4.69) is 5.10 Å². The lowest BCUT2D eigenvalue weighted by Gasteiger charge is -1.96. The third-order valence-electron chi connectivity index (χ3n) is 1.74. The van der Waals surface area contributed by atoms with Crippen molar-refractivity contribution in [2.24, 2.45) is 0 Å². The molecule has 0 radical (unpaired) electrons. The summed E-state index contributed by atoms with van der Waals surface area (Å²) in [6, 6.07) is 0. The molecule has 3 heteroatoms. The molecule has 1 heterocycles. The minimum absolute atomic E-state index is 0.234. The van der Waals surface area contributed by atoms with Crippen LogP contribution in [0.5, 0.6) is 0 Å². The van der Waals surface area contributed by atoms with Gasteiger partial charge >= 0.3 is 0 Å². The smallest absolute Gasteiger partial charge is 0.0622 e. The van der Waals surface area contributed by atoms with Crippen LogP contribution >= 0.6 is 0 Å². The summed E-state index contributed by atoms with van der Waals surface area (Å²) in [4.78, 5) is 0. The van der Waals surface area contributed by atoms with Gasteiger partial charge in [-0.2, -0.15) is 5.10 Å². The van der Waals surface area contributed by atoms with Crippen molar-refractivity contribution < 1.29 is 5.11 Å². The maximum Gasteiger partial charge on any atom is 0.0622 e. The third kappa shape index (κ3) is 7.14. The summed E-state index contributed by atoms with van der Waals surface area (Å²) in [6.07, 6.45) is 2.78. The summed E-state index contributed by atoms with van der Waals surface area (Å²) in [5.41, 5.74) is 2.28. The van der Waals surface area contributed by atoms with E-state index in [9.17, 15) is 0 Å². The normalized spacial score (nSPS) is 8.47. The molecule has 1 N–H and O–H groups in total. The number of aryl methyl sites for hydroxylation is 3. The molecule has 0 spiro atoms. The molecule has 1 aromatic rings. The second-order valence-corrected chi connectivity index (χ2v) is 2.74.